The Morgan fingerprint density at radius 3 is 2.60 bits per heavy atom. The second-order valence-electron chi connectivity index (χ2n) is 5.37. The molecule has 6 heteroatoms. The van der Waals surface area contributed by atoms with Crippen LogP contribution in [0.5, 0.6) is 0 Å². The Morgan fingerprint density at radius 2 is 2.05 bits per heavy atom. The Hall–Kier alpha value is -0.980. The zero-order chi connectivity index (χ0) is 14.9. The van der Waals surface area contributed by atoms with Crippen molar-refractivity contribution < 1.29 is 8.42 Å². The molecule has 20 heavy (non-hydrogen) atoms. The summed E-state index contributed by atoms with van der Waals surface area (Å²) in [5.74, 6) is 0.439. The summed E-state index contributed by atoms with van der Waals surface area (Å²) >= 11 is 4.98. The van der Waals surface area contributed by atoms with E-state index >= 15 is 0 Å². The highest BCUT2D eigenvalue weighted by atomic mass is 32.2. The number of nitrogens with two attached hydrogens (primary N) is 1. The normalized spacial score (nSPS) is 17.1. The predicted molar refractivity (Wildman–Crippen MR) is 84.9 cm³/mol. The number of thiocarbonyl (C=S) groups is 1. The Balaban J connectivity index is 2.21. The summed E-state index contributed by atoms with van der Waals surface area (Å²) in [5, 5.41) is 0. The minimum atomic E-state index is -3.36. The molecule has 1 aliphatic carbocycles. The van der Waals surface area contributed by atoms with Gasteiger partial charge in [0.25, 0.3) is 0 Å². The fourth-order valence-electron chi connectivity index (χ4n) is 2.31. The van der Waals surface area contributed by atoms with E-state index < -0.39 is 10.0 Å². The van der Waals surface area contributed by atoms with Crippen molar-refractivity contribution >= 4 is 27.2 Å². The summed E-state index contributed by atoms with van der Waals surface area (Å²) in [6.45, 7) is 1.97. The third-order valence-corrected chi connectivity index (χ3v) is 6.04. The lowest BCUT2D eigenvalue weighted by Gasteiger charge is -2.24. The first-order valence-corrected chi connectivity index (χ1v) is 8.68. The van der Waals surface area contributed by atoms with Gasteiger partial charge in [0.15, 0.2) is 0 Å². The minimum absolute atomic E-state index is 0.0528. The number of benzene rings is 1. The van der Waals surface area contributed by atoms with Crippen molar-refractivity contribution in [1.29, 1.82) is 0 Å². The number of sulfonamides is 1. The monoisotopic (exact) mass is 312 g/mol. The average Bonchev–Trinajstić information content (AvgIpc) is 3.21. The van der Waals surface area contributed by atoms with Crippen LogP contribution in [-0.4, -0.2) is 30.8 Å². The maximum Gasteiger partial charge on any atom is 0.218 e. The summed E-state index contributed by atoms with van der Waals surface area (Å²) in [5.41, 5.74) is 6.95. The molecule has 0 radical (unpaired) electrons. The first kappa shape index (κ1) is 15.4. The number of hydrogen-bond donors (Lipinski definition) is 1. The molecule has 0 spiro atoms. The molecule has 1 aliphatic rings. The molecule has 1 unspecified atom stereocenters. The van der Waals surface area contributed by atoms with Gasteiger partial charge in [-0.05, 0) is 31.2 Å². The molecule has 0 amide bonds. The lowest BCUT2D eigenvalue weighted by Crippen LogP contribution is -2.37. The van der Waals surface area contributed by atoms with Gasteiger partial charge in [-0.25, -0.2) is 12.7 Å². The van der Waals surface area contributed by atoms with E-state index in [9.17, 15) is 8.42 Å². The molecule has 2 rings (SSSR count). The van der Waals surface area contributed by atoms with Crippen LogP contribution in [0, 0.1) is 5.92 Å². The molecule has 0 heterocycles. The van der Waals surface area contributed by atoms with Gasteiger partial charge >= 0.3 is 0 Å². The molecule has 1 aromatic carbocycles. The second kappa shape index (κ2) is 5.79. The fraction of sp³-hybridized carbons (Fsp3) is 0.500. The maximum atomic E-state index is 12.5. The second-order valence-corrected chi connectivity index (χ2v) is 7.84. The van der Waals surface area contributed by atoms with Crippen LogP contribution in [0.15, 0.2) is 24.3 Å². The van der Waals surface area contributed by atoms with E-state index in [4.69, 9.17) is 18.0 Å². The van der Waals surface area contributed by atoms with Crippen LogP contribution in [0.2, 0.25) is 0 Å². The number of rotatable bonds is 6. The zero-order valence-corrected chi connectivity index (χ0v) is 13.4. The number of nitrogens with zero attached hydrogens (tertiary/aromatic N) is 1. The summed E-state index contributed by atoms with van der Waals surface area (Å²) < 4.78 is 26.5. The third kappa shape index (κ3) is 3.37. The molecular weight excluding hydrogens is 292 g/mol. The molecular formula is C14H20N2O2S2. The first-order chi connectivity index (χ1) is 9.33. The number of hydrogen-bond acceptors (Lipinski definition) is 3. The average molecular weight is 312 g/mol. The van der Waals surface area contributed by atoms with Gasteiger partial charge in [-0.3, -0.25) is 0 Å². The first-order valence-electron chi connectivity index (χ1n) is 6.66. The largest absolute Gasteiger partial charge is 0.389 e. The topological polar surface area (TPSA) is 63.4 Å². The molecule has 4 nitrogen and oxygen atoms in total. The van der Waals surface area contributed by atoms with Crippen molar-refractivity contribution in [3.05, 3.63) is 35.4 Å². The van der Waals surface area contributed by atoms with Crippen molar-refractivity contribution in [3.8, 4) is 0 Å². The van der Waals surface area contributed by atoms with Gasteiger partial charge in [0, 0.05) is 18.7 Å². The summed E-state index contributed by atoms with van der Waals surface area (Å²) in [6, 6.07) is 7.19. The maximum absolute atomic E-state index is 12.5. The van der Waals surface area contributed by atoms with Gasteiger partial charge in [-0.15, -0.1) is 0 Å². The highest BCUT2D eigenvalue weighted by molar-refractivity contribution is 7.88. The molecule has 2 N–H and O–H groups in total. The van der Waals surface area contributed by atoms with Gasteiger partial charge in [0.2, 0.25) is 10.0 Å². The zero-order valence-electron chi connectivity index (χ0n) is 11.7. The summed E-state index contributed by atoms with van der Waals surface area (Å²) in [7, 11) is -1.70. The summed E-state index contributed by atoms with van der Waals surface area (Å²) in [6.07, 6.45) is 2.23. The van der Waals surface area contributed by atoms with Gasteiger partial charge in [0.1, 0.15) is 4.99 Å². The van der Waals surface area contributed by atoms with E-state index in [1.54, 1.807) is 31.3 Å². The van der Waals surface area contributed by atoms with Crippen LogP contribution >= 0.6 is 12.2 Å². The molecule has 110 valence electrons. The molecule has 1 fully saturated rings. The smallest absolute Gasteiger partial charge is 0.218 e. The van der Waals surface area contributed by atoms with Crippen LogP contribution in [-0.2, 0) is 15.8 Å². The van der Waals surface area contributed by atoms with Gasteiger partial charge in [-0.1, -0.05) is 36.5 Å². The predicted octanol–water partition coefficient (Wildman–Crippen LogP) is 1.88. The highest BCUT2D eigenvalue weighted by Gasteiger charge is 2.35. The Kier molecular flexibility index (Phi) is 4.46. The van der Waals surface area contributed by atoms with E-state index in [2.05, 4.69) is 0 Å². The van der Waals surface area contributed by atoms with Crippen LogP contribution in [0.3, 0.4) is 0 Å². The molecule has 0 aromatic heterocycles. The Bertz CT molecular complexity index is 609. The Morgan fingerprint density at radius 1 is 1.45 bits per heavy atom. The molecule has 1 atom stereocenters. The molecule has 0 bridgehead atoms. The van der Waals surface area contributed by atoms with Gasteiger partial charge < -0.3 is 5.73 Å². The Labute approximate surface area is 126 Å². The van der Waals surface area contributed by atoms with Crippen molar-refractivity contribution in [2.75, 3.05) is 7.05 Å². The molecule has 0 aliphatic heterocycles. The molecule has 1 aromatic rings. The van der Waals surface area contributed by atoms with E-state index in [0.717, 1.165) is 12.8 Å². The summed E-state index contributed by atoms with van der Waals surface area (Å²) in [4.78, 5) is 0.230. The molecule has 0 saturated heterocycles. The van der Waals surface area contributed by atoms with Crippen LogP contribution in [0.1, 0.15) is 30.9 Å². The van der Waals surface area contributed by atoms with Gasteiger partial charge in [-0.2, -0.15) is 0 Å². The standard InChI is InChI=1S/C14H20N2O2S2/c1-10(11-7-8-11)16(2)20(17,18)9-12-5-3-4-6-13(12)14(15)19/h3-6,10-11H,7-9H2,1-2H3,(H2,15,19). The fourth-order valence-corrected chi connectivity index (χ4v) is 4.04. The highest BCUT2D eigenvalue weighted by Crippen LogP contribution is 2.35. The van der Waals surface area contributed by atoms with Crippen molar-refractivity contribution in [1.82, 2.24) is 4.31 Å². The lowest BCUT2D eigenvalue weighted by molar-refractivity contribution is 0.356. The van der Waals surface area contributed by atoms with Gasteiger partial charge in [0.05, 0.1) is 5.75 Å². The third-order valence-electron chi connectivity index (χ3n) is 3.94. The molecule has 1 saturated carbocycles. The van der Waals surface area contributed by atoms with Crippen LogP contribution in [0.4, 0.5) is 0 Å². The quantitative estimate of drug-likeness (QED) is 0.815. The minimum Gasteiger partial charge on any atom is -0.389 e. The van der Waals surface area contributed by atoms with Crippen molar-refractivity contribution in [3.63, 3.8) is 0 Å². The SMILES string of the molecule is CC(C1CC1)N(C)S(=O)(=O)Cc1ccccc1C(N)=S. The van der Waals surface area contributed by atoms with Crippen molar-refractivity contribution in [2.45, 2.75) is 31.6 Å². The van der Waals surface area contributed by atoms with Crippen LogP contribution in [0.25, 0.3) is 0 Å². The van der Waals surface area contributed by atoms with E-state index in [1.165, 1.54) is 4.31 Å². The van der Waals surface area contributed by atoms with Crippen LogP contribution < -0.4 is 5.73 Å². The van der Waals surface area contributed by atoms with Crippen molar-refractivity contribution in [2.24, 2.45) is 11.7 Å². The van der Waals surface area contributed by atoms with E-state index in [-0.39, 0.29) is 16.8 Å². The lowest BCUT2D eigenvalue weighted by atomic mass is 10.1. The van der Waals surface area contributed by atoms with E-state index in [1.807, 2.05) is 6.92 Å². The van der Waals surface area contributed by atoms with E-state index in [0.29, 0.717) is 17.0 Å².